The third kappa shape index (κ3) is 4.00. The topological polar surface area (TPSA) is 29.5 Å². The van der Waals surface area contributed by atoms with Crippen LogP contribution in [0.15, 0.2) is 22.7 Å². The fourth-order valence-corrected chi connectivity index (χ4v) is 2.46. The lowest BCUT2D eigenvalue weighted by atomic mass is 10.2. The number of halogens is 2. The van der Waals surface area contributed by atoms with E-state index in [9.17, 15) is 4.79 Å². The minimum absolute atomic E-state index is 0.000321. The number of methoxy groups -OCH3 is 1. The van der Waals surface area contributed by atoms with Gasteiger partial charge in [0.2, 0.25) is 0 Å². The minimum atomic E-state index is -0.000321. The van der Waals surface area contributed by atoms with Crippen LogP contribution in [-0.4, -0.2) is 36.3 Å². The number of amides is 1. The molecular formula is C12H15Br2NO2. The number of ether oxygens (including phenoxy) is 1. The molecule has 5 heteroatoms. The van der Waals surface area contributed by atoms with E-state index in [-0.39, 0.29) is 10.7 Å². The number of carbonyl (C=O) groups is 1. The van der Waals surface area contributed by atoms with Crippen LogP contribution in [0.4, 0.5) is 0 Å². The summed E-state index contributed by atoms with van der Waals surface area (Å²) in [5.41, 5.74) is 0.647. The van der Waals surface area contributed by atoms with Crippen LogP contribution in [0.25, 0.3) is 0 Å². The first-order valence-corrected chi connectivity index (χ1v) is 6.89. The van der Waals surface area contributed by atoms with Gasteiger partial charge >= 0.3 is 0 Å². The third-order valence-corrected chi connectivity index (χ3v) is 3.18. The molecule has 0 saturated heterocycles. The van der Waals surface area contributed by atoms with Crippen molar-refractivity contribution in [3.63, 3.8) is 0 Å². The highest BCUT2D eigenvalue weighted by atomic mass is 79.9. The molecule has 1 aromatic carbocycles. The Morgan fingerprint density at radius 3 is 2.65 bits per heavy atom. The van der Waals surface area contributed by atoms with E-state index in [0.717, 1.165) is 10.2 Å². The fraction of sp³-hybridized carbons (Fsp3) is 0.417. The Labute approximate surface area is 118 Å². The Bertz CT molecular complexity index is 407. The van der Waals surface area contributed by atoms with Gasteiger partial charge in [0, 0.05) is 24.0 Å². The molecule has 1 unspecified atom stereocenters. The molecule has 1 aromatic rings. The monoisotopic (exact) mass is 363 g/mol. The molecule has 0 N–H and O–H groups in total. The molecule has 0 heterocycles. The van der Waals surface area contributed by atoms with Gasteiger partial charge in [-0.2, -0.15) is 0 Å². The second kappa shape index (κ2) is 6.40. The van der Waals surface area contributed by atoms with E-state index < -0.39 is 0 Å². The normalized spacial score (nSPS) is 12.1. The van der Waals surface area contributed by atoms with Crippen molar-refractivity contribution in [2.75, 3.05) is 20.7 Å². The maximum Gasteiger partial charge on any atom is 0.253 e. The standard InChI is InChI=1S/C12H15Br2NO2/c1-8(13)7-15(2)12(16)9-4-5-11(17-3)10(14)6-9/h4-6,8H,7H2,1-3H3. The molecule has 0 radical (unpaired) electrons. The van der Waals surface area contributed by atoms with Gasteiger partial charge in [-0.05, 0) is 34.1 Å². The average molecular weight is 365 g/mol. The maximum absolute atomic E-state index is 12.1. The molecular weight excluding hydrogens is 350 g/mol. The average Bonchev–Trinajstić information content (AvgIpc) is 2.27. The summed E-state index contributed by atoms with van der Waals surface area (Å²) >= 11 is 6.80. The molecule has 0 bridgehead atoms. The van der Waals surface area contributed by atoms with Crippen molar-refractivity contribution in [3.8, 4) is 5.75 Å². The predicted octanol–water partition coefficient (Wildman–Crippen LogP) is 3.31. The molecule has 0 saturated carbocycles. The Hall–Kier alpha value is -0.550. The largest absolute Gasteiger partial charge is 0.496 e. The van der Waals surface area contributed by atoms with Crippen molar-refractivity contribution in [2.45, 2.75) is 11.8 Å². The summed E-state index contributed by atoms with van der Waals surface area (Å²) in [6.45, 7) is 2.68. The molecule has 0 aliphatic rings. The molecule has 94 valence electrons. The van der Waals surface area contributed by atoms with Crippen LogP contribution in [0, 0.1) is 0 Å². The predicted molar refractivity (Wildman–Crippen MR) is 76.0 cm³/mol. The highest BCUT2D eigenvalue weighted by Gasteiger charge is 2.14. The molecule has 0 fully saturated rings. The number of nitrogens with zero attached hydrogens (tertiary/aromatic N) is 1. The van der Waals surface area contributed by atoms with Gasteiger partial charge in [0.25, 0.3) is 5.91 Å². The van der Waals surface area contributed by atoms with E-state index in [4.69, 9.17) is 4.74 Å². The smallest absolute Gasteiger partial charge is 0.253 e. The summed E-state index contributed by atoms with van der Waals surface area (Å²) in [4.78, 5) is 14.0. The number of rotatable bonds is 4. The second-order valence-electron chi connectivity index (χ2n) is 3.82. The first-order chi connectivity index (χ1) is 7.95. The summed E-state index contributed by atoms with van der Waals surface area (Å²) < 4.78 is 5.91. The van der Waals surface area contributed by atoms with Gasteiger partial charge < -0.3 is 9.64 Å². The lowest BCUT2D eigenvalue weighted by Gasteiger charge is -2.19. The summed E-state index contributed by atoms with van der Waals surface area (Å²) in [6.07, 6.45) is 0. The fourth-order valence-electron chi connectivity index (χ4n) is 1.48. The van der Waals surface area contributed by atoms with Crippen LogP contribution in [-0.2, 0) is 0 Å². The van der Waals surface area contributed by atoms with Crippen LogP contribution in [0.1, 0.15) is 17.3 Å². The zero-order valence-electron chi connectivity index (χ0n) is 10.0. The molecule has 17 heavy (non-hydrogen) atoms. The van der Waals surface area contributed by atoms with Gasteiger partial charge in [-0.1, -0.05) is 22.9 Å². The number of hydrogen-bond acceptors (Lipinski definition) is 2. The summed E-state index contributed by atoms with van der Waals surface area (Å²) in [7, 11) is 3.39. The van der Waals surface area contributed by atoms with Gasteiger partial charge in [0.15, 0.2) is 0 Å². The number of hydrogen-bond donors (Lipinski definition) is 0. The van der Waals surface area contributed by atoms with Gasteiger partial charge in [0.1, 0.15) is 5.75 Å². The highest BCUT2D eigenvalue weighted by Crippen LogP contribution is 2.26. The van der Waals surface area contributed by atoms with E-state index in [1.807, 2.05) is 6.92 Å². The van der Waals surface area contributed by atoms with Crippen molar-refractivity contribution < 1.29 is 9.53 Å². The Balaban J connectivity index is 2.86. The zero-order chi connectivity index (χ0) is 13.0. The van der Waals surface area contributed by atoms with Crippen molar-refractivity contribution in [1.29, 1.82) is 0 Å². The van der Waals surface area contributed by atoms with Gasteiger partial charge in [-0.15, -0.1) is 0 Å². The van der Waals surface area contributed by atoms with Crippen LogP contribution >= 0.6 is 31.9 Å². The van der Waals surface area contributed by atoms with Crippen LogP contribution in [0.2, 0.25) is 0 Å². The number of benzene rings is 1. The van der Waals surface area contributed by atoms with E-state index in [0.29, 0.717) is 12.1 Å². The van der Waals surface area contributed by atoms with Gasteiger partial charge in [-0.25, -0.2) is 0 Å². The Morgan fingerprint density at radius 1 is 1.53 bits per heavy atom. The van der Waals surface area contributed by atoms with Crippen LogP contribution in [0.5, 0.6) is 5.75 Å². The number of alkyl halides is 1. The molecule has 0 aromatic heterocycles. The molecule has 1 atom stereocenters. The first kappa shape index (κ1) is 14.5. The second-order valence-corrected chi connectivity index (χ2v) is 6.23. The van der Waals surface area contributed by atoms with Crippen molar-refractivity contribution >= 4 is 37.8 Å². The maximum atomic E-state index is 12.1. The lowest BCUT2D eigenvalue weighted by molar-refractivity contribution is 0.0797. The van der Waals surface area contributed by atoms with E-state index in [1.165, 1.54) is 0 Å². The van der Waals surface area contributed by atoms with Crippen molar-refractivity contribution in [3.05, 3.63) is 28.2 Å². The minimum Gasteiger partial charge on any atom is -0.496 e. The van der Waals surface area contributed by atoms with E-state index in [2.05, 4.69) is 31.9 Å². The lowest BCUT2D eigenvalue weighted by Crippen LogP contribution is -2.31. The third-order valence-electron chi connectivity index (χ3n) is 2.27. The zero-order valence-corrected chi connectivity index (χ0v) is 13.2. The first-order valence-electron chi connectivity index (χ1n) is 5.18. The molecule has 0 aliphatic carbocycles. The molecule has 3 nitrogen and oxygen atoms in total. The summed E-state index contributed by atoms with van der Waals surface area (Å²) in [5.74, 6) is 0.720. The summed E-state index contributed by atoms with van der Waals surface area (Å²) in [5, 5.41) is 0. The molecule has 1 amide bonds. The Morgan fingerprint density at radius 2 is 2.18 bits per heavy atom. The van der Waals surface area contributed by atoms with Crippen LogP contribution < -0.4 is 4.74 Å². The van der Waals surface area contributed by atoms with Crippen molar-refractivity contribution in [2.24, 2.45) is 0 Å². The van der Waals surface area contributed by atoms with Crippen molar-refractivity contribution in [1.82, 2.24) is 4.90 Å². The Kier molecular flexibility index (Phi) is 5.46. The van der Waals surface area contributed by atoms with E-state index >= 15 is 0 Å². The van der Waals surface area contributed by atoms with Gasteiger partial charge in [-0.3, -0.25) is 4.79 Å². The highest BCUT2D eigenvalue weighted by molar-refractivity contribution is 9.10. The SMILES string of the molecule is COc1ccc(C(=O)N(C)CC(C)Br)cc1Br. The summed E-state index contributed by atoms with van der Waals surface area (Å²) in [6, 6.07) is 5.32. The molecule has 0 spiro atoms. The molecule has 1 rings (SSSR count). The van der Waals surface area contributed by atoms with Gasteiger partial charge in [0.05, 0.1) is 11.6 Å². The molecule has 0 aliphatic heterocycles. The van der Waals surface area contributed by atoms with Crippen LogP contribution in [0.3, 0.4) is 0 Å². The quantitative estimate of drug-likeness (QED) is 0.767. The number of carbonyl (C=O) groups excluding carboxylic acids is 1. The van der Waals surface area contributed by atoms with E-state index in [1.54, 1.807) is 37.3 Å².